The molecule has 98 valence electrons. The molecule has 19 heavy (non-hydrogen) atoms. The molecule has 2 aromatic rings. The van der Waals surface area contributed by atoms with Crippen LogP contribution in [0, 0.1) is 0 Å². The van der Waals surface area contributed by atoms with Gasteiger partial charge in [0.1, 0.15) is 0 Å². The molecule has 2 rings (SSSR count). The molecule has 0 saturated heterocycles. The zero-order valence-electron chi connectivity index (χ0n) is 11.6. The Morgan fingerprint density at radius 1 is 0.947 bits per heavy atom. The Kier molecular flexibility index (Phi) is 4.53. The molecule has 0 bridgehead atoms. The molecule has 1 unspecified atom stereocenters. The van der Waals surface area contributed by atoms with Crippen molar-refractivity contribution in [2.45, 2.75) is 18.9 Å². The van der Waals surface area contributed by atoms with Gasteiger partial charge in [0.15, 0.2) is 0 Å². The Bertz CT molecular complexity index is 516. The third-order valence-electron chi connectivity index (χ3n) is 3.60. The monoisotopic (exact) mass is 251 g/mol. The van der Waals surface area contributed by atoms with Crippen LogP contribution in [0.5, 0.6) is 0 Å². The SMILES string of the molecule is CNC(C)(CC=Cc1ccccc1)c1ccccc1. The summed E-state index contributed by atoms with van der Waals surface area (Å²) in [4.78, 5) is 0. The second-order valence-corrected chi connectivity index (χ2v) is 4.97. The van der Waals surface area contributed by atoms with Crippen molar-refractivity contribution in [3.05, 3.63) is 77.9 Å². The largest absolute Gasteiger partial charge is 0.310 e. The molecule has 1 N–H and O–H groups in total. The van der Waals surface area contributed by atoms with Gasteiger partial charge >= 0.3 is 0 Å². The van der Waals surface area contributed by atoms with Gasteiger partial charge in [-0.25, -0.2) is 0 Å². The minimum atomic E-state index is -0.0213. The summed E-state index contributed by atoms with van der Waals surface area (Å²) >= 11 is 0. The highest BCUT2D eigenvalue weighted by molar-refractivity contribution is 5.49. The second kappa shape index (κ2) is 6.35. The summed E-state index contributed by atoms with van der Waals surface area (Å²) in [6.07, 6.45) is 5.37. The molecule has 0 heterocycles. The molecule has 0 radical (unpaired) electrons. The topological polar surface area (TPSA) is 12.0 Å². The van der Waals surface area contributed by atoms with E-state index in [2.05, 4.69) is 79.0 Å². The number of nitrogens with one attached hydrogen (secondary N) is 1. The van der Waals surface area contributed by atoms with E-state index in [4.69, 9.17) is 0 Å². The van der Waals surface area contributed by atoms with Gasteiger partial charge in [0.2, 0.25) is 0 Å². The van der Waals surface area contributed by atoms with Crippen LogP contribution in [0.3, 0.4) is 0 Å². The van der Waals surface area contributed by atoms with Gasteiger partial charge in [-0.05, 0) is 31.5 Å². The van der Waals surface area contributed by atoms with Crippen LogP contribution >= 0.6 is 0 Å². The van der Waals surface area contributed by atoms with Gasteiger partial charge in [-0.15, -0.1) is 0 Å². The van der Waals surface area contributed by atoms with E-state index in [9.17, 15) is 0 Å². The highest BCUT2D eigenvalue weighted by atomic mass is 14.9. The summed E-state index contributed by atoms with van der Waals surface area (Å²) < 4.78 is 0. The van der Waals surface area contributed by atoms with Crippen LogP contribution < -0.4 is 5.32 Å². The van der Waals surface area contributed by atoms with E-state index in [0.29, 0.717) is 0 Å². The first kappa shape index (κ1) is 13.6. The lowest BCUT2D eigenvalue weighted by Gasteiger charge is -2.28. The van der Waals surface area contributed by atoms with Gasteiger partial charge in [0.25, 0.3) is 0 Å². The van der Waals surface area contributed by atoms with Gasteiger partial charge in [-0.3, -0.25) is 0 Å². The average molecular weight is 251 g/mol. The molecule has 0 aromatic heterocycles. The molecule has 1 nitrogen and oxygen atoms in total. The third kappa shape index (κ3) is 3.55. The Morgan fingerprint density at radius 2 is 1.53 bits per heavy atom. The van der Waals surface area contributed by atoms with E-state index < -0.39 is 0 Å². The van der Waals surface area contributed by atoms with Gasteiger partial charge in [0.05, 0.1) is 0 Å². The lowest BCUT2D eigenvalue weighted by atomic mass is 9.88. The summed E-state index contributed by atoms with van der Waals surface area (Å²) in [5.41, 5.74) is 2.54. The van der Waals surface area contributed by atoms with Gasteiger partial charge in [-0.2, -0.15) is 0 Å². The van der Waals surface area contributed by atoms with Crippen molar-refractivity contribution in [3.8, 4) is 0 Å². The van der Waals surface area contributed by atoms with Crippen LogP contribution in [0.25, 0.3) is 6.08 Å². The van der Waals surface area contributed by atoms with Crippen molar-refractivity contribution >= 4 is 6.08 Å². The summed E-state index contributed by atoms with van der Waals surface area (Å²) in [6.45, 7) is 2.23. The van der Waals surface area contributed by atoms with Crippen molar-refractivity contribution in [2.75, 3.05) is 7.05 Å². The maximum atomic E-state index is 3.43. The molecule has 1 atom stereocenters. The maximum Gasteiger partial charge on any atom is 0.0438 e. The highest BCUT2D eigenvalue weighted by Crippen LogP contribution is 2.24. The van der Waals surface area contributed by atoms with Crippen LogP contribution in [0.1, 0.15) is 24.5 Å². The van der Waals surface area contributed by atoms with Crippen molar-refractivity contribution < 1.29 is 0 Å². The van der Waals surface area contributed by atoms with Crippen LogP contribution in [-0.4, -0.2) is 7.05 Å². The van der Waals surface area contributed by atoms with Gasteiger partial charge in [-0.1, -0.05) is 72.8 Å². The van der Waals surface area contributed by atoms with Crippen LogP contribution in [0.4, 0.5) is 0 Å². The Morgan fingerprint density at radius 3 is 2.11 bits per heavy atom. The van der Waals surface area contributed by atoms with Crippen molar-refractivity contribution in [1.29, 1.82) is 0 Å². The first-order valence-corrected chi connectivity index (χ1v) is 6.71. The quantitative estimate of drug-likeness (QED) is 0.838. The number of hydrogen-bond acceptors (Lipinski definition) is 1. The molecular weight excluding hydrogens is 230 g/mol. The van der Waals surface area contributed by atoms with E-state index in [1.54, 1.807) is 0 Å². The molecule has 0 spiro atoms. The Hall–Kier alpha value is -1.86. The lowest BCUT2D eigenvalue weighted by Crippen LogP contribution is -2.36. The smallest absolute Gasteiger partial charge is 0.0438 e. The van der Waals surface area contributed by atoms with E-state index in [-0.39, 0.29) is 5.54 Å². The zero-order chi connectivity index (χ0) is 13.6. The van der Waals surface area contributed by atoms with E-state index in [1.165, 1.54) is 11.1 Å². The molecule has 0 fully saturated rings. The number of rotatable bonds is 5. The van der Waals surface area contributed by atoms with Gasteiger partial charge in [0, 0.05) is 5.54 Å². The summed E-state index contributed by atoms with van der Waals surface area (Å²) in [5.74, 6) is 0. The zero-order valence-corrected chi connectivity index (χ0v) is 11.6. The first-order chi connectivity index (χ1) is 9.24. The summed E-state index contributed by atoms with van der Waals surface area (Å²) in [5, 5.41) is 3.43. The number of benzene rings is 2. The molecule has 0 saturated carbocycles. The molecule has 0 amide bonds. The molecular formula is C18H21N. The van der Waals surface area contributed by atoms with Crippen molar-refractivity contribution in [2.24, 2.45) is 0 Å². The minimum Gasteiger partial charge on any atom is -0.310 e. The molecule has 0 aliphatic heterocycles. The van der Waals surface area contributed by atoms with Crippen LogP contribution in [-0.2, 0) is 5.54 Å². The van der Waals surface area contributed by atoms with Crippen LogP contribution in [0.2, 0.25) is 0 Å². The van der Waals surface area contributed by atoms with E-state index >= 15 is 0 Å². The van der Waals surface area contributed by atoms with Crippen molar-refractivity contribution in [3.63, 3.8) is 0 Å². The summed E-state index contributed by atoms with van der Waals surface area (Å²) in [7, 11) is 2.02. The third-order valence-corrected chi connectivity index (χ3v) is 3.60. The number of hydrogen-bond donors (Lipinski definition) is 1. The van der Waals surface area contributed by atoms with E-state index in [0.717, 1.165) is 6.42 Å². The molecule has 1 heteroatoms. The predicted molar refractivity (Wildman–Crippen MR) is 82.9 cm³/mol. The fourth-order valence-electron chi connectivity index (χ4n) is 2.17. The molecule has 0 aliphatic carbocycles. The van der Waals surface area contributed by atoms with Gasteiger partial charge < -0.3 is 5.32 Å². The Balaban J connectivity index is 2.10. The lowest BCUT2D eigenvalue weighted by molar-refractivity contribution is 0.405. The fourth-order valence-corrected chi connectivity index (χ4v) is 2.17. The van der Waals surface area contributed by atoms with Crippen molar-refractivity contribution in [1.82, 2.24) is 5.32 Å². The highest BCUT2D eigenvalue weighted by Gasteiger charge is 2.22. The first-order valence-electron chi connectivity index (χ1n) is 6.71. The summed E-state index contributed by atoms with van der Waals surface area (Å²) in [6, 6.07) is 21.0. The normalized spacial score (nSPS) is 14.4. The average Bonchev–Trinajstić information content (AvgIpc) is 2.49. The molecule has 0 aliphatic rings. The standard InChI is InChI=1S/C18H21N/c1-18(19-2,17-13-7-4-8-14-17)15-9-12-16-10-5-3-6-11-16/h3-14,19H,15H2,1-2H3. The molecule has 2 aromatic carbocycles. The van der Waals surface area contributed by atoms with Crippen LogP contribution in [0.15, 0.2) is 66.7 Å². The minimum absolute atomic E-state index is 0.0213. The van der Waals surface area contributed by atoms with E-state index in [1.807, 2.05) is 13.1 Å². The fraction of sp³-hybridized carbons (Fsp3) is 0.222. The second-order valence-electron chi connectivity index (χ2n) is 4.97. The maximum absolute atomic E-state index is 3.43. The Labute approximate surface area is 116 Å². The predicted octanol–water partition coefficient (Wildman–Crippen LogP) is 4.22.